The third-order valence-electron chi connectivity index (χ3n) is 3.33. The number of nitrogens with zero attached hydrogens (tertiary/aromatic N) is 1. The molecule has 1 amide bonds. The standard InChI is InChI=1S/C14H19N3O2S/c15-14(17-19)12-3-1-10(2-4-12)7-13(18)16-8-11-5-6-20-9-11/h1-4,11,19H,5-9H2,(H2,15,17)(H,16,18). The Balaban J connectivity index is 1.81. The van der Waals surface area contributed by atoms with Crippen molar-refractivity contribution in [2.24, 2.45) is 16.8 Å². The molecule has 1 aliphatic rings. The Morgan fingerprint density at radius 2 is 2.20 bits per heavy atom. The van der Waals surface area contributed by atoms with Crippen molar-refractivity contribution < 1.29 is 10.0 Å². The average Bonchev–Trinajstić information content (AvgIpc) is 2.98. The Morgan fingerprint density at radius 3 is 2.80 bits per heavy atom. The van der Waals surface area contributed by atoms with Crippen molar-refractivity contribution in [3.05, 3.63) is 35.4 Å². The maximum Gasteiger partial charge on any atom is 0.224 e. The molecule has 0 radical (unpaired) electrons. The van der Waals surface area contributed by atoms with Crippen LogP contribution in [0, 0.1) is 5.92 Å². The number of amidine groups is 1. The second kappa shape index (κ2) is 7.19. The fraction of sp³-hybridized carbons (Fsp3) is 0.429. The SMILES string of the molecule is N/C(=N/O)c1ccc(CC(=O)NCC2CCSC2)cc1. The molecule has 5 nitrogen and oxygen atoms in total. The molecule has 20 heavy (non-hydrogen) atoms. The molecule has 0 aromatic heterocycles. The summed E-state index contributed by atoms with van der Waals surface area (Å²) in [4.78, 5) is 11.8. The molecule has 1 saturated heterocycles. The Hall–Kier alpha value is -1.69. The summed E-state index contributed by atoms with van der Waals surface area (Å²) in [6.07, 6.45) is 1.55. The second-order valence-corrected chi connectivity index (χ2v) is 6.04. The van der Waals surface area contributed by atoms with Crippen LogP contribution < -0.4 is 11.1 Å². The number of thioether (sulfide) groups is 1. The first-order valence-corrected chi connectivity index (χ1v) is 7.76. The quantitative estimate of drug-likeness (QED) is 0.329. The molecule has 1 unspecified atom stereocenters. The molecule has 0 bridgehead atoms. The van der Waals surface area contributed by atoms with Gasteiger partial charge in [0.15, 0.2) is 5.84 Å². The monoisotopic (exact) mass is 293 g/mol. The zero-order valence-electron chi connectivity index (χ0n) is 11.2. The average molecular weight is 293 g/mol. The van der Waals surface area contributed by atoms with Crippen molar-refractivity contribution in [1.29, 1.82) is 0 Å². The van der Waals surface area contributed by atoms with Gasteiger partial charge < -0.3 is 16.3 Å². The van der Waals surface area contributed by atoms with Crippen LogP contribution in [0.2, 0.25) is 0 Å². The molecule has 0 spiro atoms. The van der Waals surface area contributed by atoms with Crippen LogP contribution in [0.1, 0.15) is 17.5 Å². The zero-order valence-corrected chi connectivity index (χ0v) is 12.0. The van der Waals surface area contributed by atoms with Gasteiger partial charge in [-0.2, -0.15) is 11.8 Å². The fourth-order valence-electron chi connectivity index (χ4n) is 2.10. The molecule has 1 aromatic carbocycles. The molecule has 2 rings (SSSR count). The Bertz CT molecular complexity index is 482. The molecule has 1 fully saturated rings. The van der Waals surface area contributed by atoms with Crippen molar-refractivity contribution in [3.8, 4) is 0 Å². The number of nitrogens with one attached hydrogen (secondary N) is 1. The van der Waals surface area contributed by atoms with Gasteiger partial charge in [0.05, 0.1) is 6.42 Å². The summed E-state index contributed by atoms with van der Waals surface area (Å²) >= 11 is 1.95. The number of nitrogens with two attached hydrogens (primary N) is 1. The van der Waals surface area contributed by atoms with E-state index in [-0.39, 0.29) is 11.7 Å². The number of hydrogen-bond donors (Lipinski definition) is 3. The topological polar surface area (TPSA) is 87.7 Å². The van der Waals surface area contributed by atoms with Gasteiger partial charge in [0, 0.05) is 12.1 Å². The Kier molecular flexibility index (Phi) is 5.29. The minimum absolute atomic E-state index is 0.0402. The van der Waals surface area contributed by atoms with E-state index in [0.717, 1.165) is 17.9 Å². The molecule has 1 aliphatic heterocycles. The van der Waals surface area contributed by atoms with Crippen LogP contribution in [0.3, 0.4) is 0 Å². The molecule has 1 heterocycles. The smallest absolute Gasteiger partial charge is 0.224 e. The lowest BCUT2D eigenvalue weighted by atomic mass is 10.1. The lowest BCUT2D eigenvalue weighted by Crippen LogP contribution is -2.30. The summed E-state index contributed by atoms with van der Waals surface area (Å²) in [6, 6.07) is 7.12. The summed E-state index contributed by atoms with van der Waals surface area (Å²) in [5, 5.41) is 14.5. The molecule has 108 valence electrons. The number of carbonyl (C=O) groups is 1. The molecule has 4 N–H and O–H groups in total. The molecule has 1 atom stereocenters. The maximum atomic E-state index is 11.8. The Labute approximate surface area is 122 Å². The predicted octanol–water partition coefficient (Wildman–Crippen LogP) is 1.19. The third kappa shape index (κ3) is 4.16. The van der Waals surface area contributed by atoms with E-state index in [2.05, 4.69) is 10.5 Å². The van der Waals surface area contributed by atoms with Gasteiger partial charge in [-0.15, -0.1) is 0 Å². The second-order valence-electron chi connectivity index (χ2n) is 4.89. The molecular weight excluding hydrogens is 274 g/mol. The number of rotatable bonds is 5. The summed E-state index contributed by atoms with van der Waals surface area (Å²) in [6.45, 7) is 0.772. The highest BCUT2D eigenvalue weighted by molar-refractivity contribution is 7.99. The minimum Gasteiger partial charge on any atom is -0.409 e. The molecule has 6 heteroatoms. The normalized spacial score (nSPS) is 19.0. The molecule has 0 saturated carbocycles. The van der Waals surface area contributed by atoms with Crippen LogP contribution in [0.25, 0.3) is 0 Å². The van der Waals surface area contributed by atoms with Gasteiger partial charge in [0.1, 0.15) is 0 Å². The zero-order chi connectivity index (χ0) is 14.4. The van der Waals surface area contributed by atoms with Crippen molar-refractivity contribution in [3.63, 3.8) is 0 Å². The first kappa shape index (κ1) is 14.7. The van der Waals surface area contributed by atoms with E-state index in [4.69, 9.17) is 10.9 Å². The first-order valence-electron chi connectivity index (χ1n) is 6.60. The molecular formula is C14H19N3O2S. The summed E-state index contributed by atoms with van der Waals surface area (Å²) in [7, 11) is 0. The highest BCUT2D eigenvalue weighted by atomic mass is 32.2. The highest BCUT2D eigenvalue weighted by Crippen LogP contribution is 2.22. The van der Waals surface area contributed by atoms with Gasteiger partial charge in [0.25, 0.3) is 0 Å². The lowest BCUT2D eigenvalue weighted by Gasteiger charge is -2.10. The molecule has 0 aliphatic carbocycles. The van der Waals surface area contributed by atoms with Gasteiger partial charge in [-0.05, 0) is 29.4 Å². The van der Waals surface area contributed by atoms with Gasteiger partial charge in [-0.25, -0.2) is 0 Å². The van der Waals surface area contributed by atoms with E-state index in [1.807, 2.05) is 23.9 Å². The van der Waals surface area contributed by atoms with Gasteiger partial charge >= 0.3 is 0 Å². The van der Waals surface area contributed by atoms with Crippen molar-refractivity contribution in [1.82, 2.24) is 5.32 Å². The summed E-state index contributed by atoms with van der Waals surface area (Å²) < 4.78 is 0. The number of oxime groups is 1. The van der Waals surface area contributed by atoms with Crippen LogP contribution in [0.4, 0.5) is 0 Å². The van der Waals surface area contributed by atoms with Gasteiger partial charge in [0.2, 0.25) is 5.91 Å². The van der Waals surface area contributed by atoms with Crippen molar-refractivity contribution >= 4 is 23.5 Å². The Morgan fingerprint density at radius 1 is 1.45 bits per heavy atom. The number of benzene rings is 1. The minimum atomic E-state index is 0.0402. The number of hydrogen-bond acceptors (Lipinski definition) is 4. The highest BCUT2D eigenvalue weighted by Gasteiger charge is 2.16. The first-order chi connectivity index (χ1) is 9.69. The lowest BCUT2D eigenvalue weighted by molar-refractivity contribution is -0.120. The maximum absolute atomic E-state index is 11.8. The van der Waals surface area contributed by atoms with Crippen molar-refractivity contribution in [2.45, 2.75) is 12.8 Å². The van der Waals surface area contributed by atoms with Gasteiger partial charge in [-0.3, -0.25) is 4.79 Å². The van der Waals surface area contributed by atoms with Crippen LogP contribution >= 0.6 is 11.8 Å². The van der Waals surface area contributed by atoms with E-state index in [1.54, 1.807) is 12.1 Å². The van der Waals surface area contributed by atoms with Crippen LogP contribution in [-0.4, -0.2) is 35.0 Å². The van der Waals surface area contributed by atoms with Gasteiger partial charge in [-0.1, -0.05) is 29.4 Å². The number of carbonyl (C=O) groups excluding carboxylic acids is 1. The summed E-state index contributed by atoms with van der Waals surface area (Å²) in [5.41, 5.74) is 7.04. The predicted molar refractivity (Wildman–Crippen MR) is 81.1 cm³/mol. The van der Waals surface area contributed by atoms with E-state index >= 15 is 0 Å². The third-order valence-corrected chi connectivity index (χ3v) is 4.57. The van der Waals surface area contributed by atoms with E-state index in [1.165, 1.54) is 12.2 Å². The molecule has 1 aromatic rings. The van der Waals surface area contributed by atoms with E-state index < -0.39 is 0 Å². The van der Waals surface area contributed by atoms with E-state index in [0.29, 0.717) is 17.9 Å². The van der Waals surface area contributed by atoms with E-state index in [9.17, 15) is 4.79 Å². The van der Waals surface area contributed by atoms with Crippen LogP contribution in [-0.2, 0) is 11.2 Å². The largest absolute Gasteiger partial charge is 0.409 e. The summed E-state index contributed by atoms with van der Waals surface area (Å²) in [5.74, 6) is 3.08. The van der Waals surface area contributed by atoms with Crippen molar-refractivity contribution in [2.75, 3.05) is 18.1 Å². The fourth-order valence-corrected chi connectivity index (χ4v) is 3.39. The van der Waals surface area contributed by atoms with Crippen LogP contribution in [0.5, 0.6) is 0 Å². The number of amides is 1. The van der Waals surface area contributed by atoms with Crippen LogP contribution in [0.15, 0.2) is 29.4 Å².